The van der Waals surface area contributed by atoms with Crippen LogP contribution in [0.4, 0.5) is 14.5 Å². The molecular formula is C18H20F2N2O4S. The molecule has 27 heavy (non-hydrogen) atoms. The van der Waals surface area contributed by atoms with Crippen molar-refractivity contribution in [2.24, 2.45) is 0 Å². The molecule has 0 aliphatic rings. The largest absolute Gasteiger partial charge is 0.435 e. The van der Waals surface area contributed by atoms with Crippen molar-refractivity contribution in [3.05, 3.63) is 54.1 Å². The van der Waals surface area contributed by atoms with Crippen LogP contribution in [0.15, 0.2) is 53.4 Å². The topological polar surface area (TPSA) is 84.5 Å². The number of carbonyl (C=O) groups is 1. The van der Waals surface area contributed by atoms with Gasteiger partial charge in [-0.2, -0.15) is 8.78 Å². The Bertz CT molecular complexity index is 869. The molecule has 0 bridgehead atoms. The summed E-state index contributed by atoms with van der Waals surface area (Å²) in [4.78, 5) is 12.3. The molecule has 2 aromatic rings. The summed E-state index contributed by atoms with van der Waals surface area (Å²) in [5.74, 6) is -0.484. The Labute approximate surface area is 156 Å². The molecule has 0 spiro atoms. The number of amides is 1. The van der Waals surface area contributed by atoms with E-state index in [9.17, 15) is 22.0 Å². The van der Waals surface area contributed by atoms with E-state index in [0.29, 0.717) is 12.1 Å². The monoisotopic (exact) mass is 398 g/mol. The first-order valence-corrected chi connectivity index (χ1v) is 9.68. The Kier molecular flexibility index (Phi) is 6.86. The van der Waals surface area contributed by atoms with E-state index in [1.165, 1.54) is 48.5 Å². The van der Waals surface area contributed by atoms with Gasteiger partial charge >= 0.3 is 6.61 Å². The van der Waals surface area contributed by atoms with Gasteiger partial charge in [-0.05, 0) is 61.9 Å². The molecule has 0 saturated heterocycles. The van der Waals surface area contributed by atoms with E-state index in [1.54, 1.807) is 6.92 Å². The average Bonchev–Trinajstić information content (AvgIpc) is 2.62. The lowest BCUT2D eigenvalue weighted by Crippen LogP contribution is -2.32. The minimum absolute atomic E-state index is 0.0219. The van der Waals surface area contributed by atoms with Gasteiger partial charge in [-0.3, -0.25) is 4.79 Å². The Balaban J connectivity index is 2.05. The van der Waals surface area contributed by atoms with Crippen molar-refractivity contribution in [3.63, 3.8) is 0 Å². The van der Waals surface area contributed by atoms with Crippen LogP contribution in [0.3, 0.4) is 0 Å². The number of ether oxygens (including phenoxy) is 1. The molecule has 0 aromatic heterocycles. The first kappa shape index (κ1) is 20.8. The SMILES string of the molecule is CCC(C)NS(=O)(=O)c1ccc(C(=O)Nc2ccc(OC(F)F)cc2)cc1. The lowest BCUT2D eigenvalue weighted by Gasteiger charge is -2.12. The number of hydrogen-bond acceptors (Lipinski definition) is 4. The van der Waals surface area contributed by atoms with Gasteiger partial charge in [0.05, 0.1) is 4.90 Å². The van der Waals surface area contributed by atoms with E-state index >= 15 is 0 Å². The van der Waals surface area contributed by atoms with E-state index in [0.717, 1.165) is 0 Å². The Morgan fingerprint density at radius 1 is 1.07 bits per heavy atom. The van der Waals surface area contributed by atoms with Crippen molar-refractivity contribution >= 4 is 21.6 Å². The normalized spacial score (nSPS) is 12.6. The number of sulfonamides is 1. The Morgan fingerprint density at radius 2 is 1.67 bits per heavy atom. The zero-order chi connectivity index (χ0) is 20.0. The van der Waals surface area contributed by atoms with Crippen molar-refractivity contribution in [2.75, 3.05) is 5.32 Å². The highest BCUT2D eigenvalue weighted by Gasteiger charge is 2.17. The summed E-state index contributed by atoms with van der Waals surface area (Å²) in [6.07, 6.45) is 0.654. The number of alkyl halides is 2. The van der Waals surface area contributed by atoms with E-state index in [4.69, 9.17) is 0 Å². The highest BCUT2D eigenvalue weighted by Crippen LogP contribution is 2.19. The van der Waals surface area contributed by atoms with Crippen LogP contribution in [-0.4, -0.2) is 27.0 Å². The molecule has 0 fully saturated rings. The van der Waals surface area contributed by atoms with Gasteiger partial charge in [0.1, 0.15) is 5.75 Å². The van der Waals surface area contributed by atoms with E-state index < -0.39 is 22.5 Å². The summed E-state index contributed by atoms with van der Waals surface area (Å²) in [5, 5.41) is 2.59. The van der Waals surface area contributed by atoms with Crippen molar-refractivity contribution in [3.8, 4) is 5.75 Å². The van der Waals surface area contributed by atoms with Crippen LogP contribution >= 0.6 is 0 Å². The van der Waals surface area contributed by atoms with Gasteiger partial charge in [0.2, 0.25) is 10.0 Å². The quantitative estimate of drug-likeness (QED) is 0.711. The summed E-state index contributed by atoms with van der Waals surface area (Å²) in [6, 6.07) is 10.7. The predicted molar refractivity (Wildman–Crippen MR) is 97.5 cm³/mol. The number of rotatable bonds is 8. The van der Waals surface area contributed by atoms with Gasteiger partial charge < -0.3 is 10.1 Å². The summed E-state index contributed by atoms with van der Waals surface area (Å²) < 4.78 is 55.4. The third-order valence-corrected chi connectivity index (χ3v) is 5.34. The maximum absolute atomic E-state index is 12.2. The second kappa shape index (κ2) is 8.92. The van der Waals surface area contributed by atoms with Gasteiger partial charge in [-0.15, -0.1) is 0 Å². The summed E-state index contributed by atoms with van der Waals surface area (Å²) in [5.41, 5.74) is 0.641. The Hall–Kier alpha value is -2.52. The lowest BCUT2D eigenvalue weighted by molar-refractivity contribution is -0.0498. The fourth-order valence-corrected chi connectivity index (χ4v) is 3.45. The van der Waals surface area contributed by atoms with Crippen LogP contribution in [0.25, 0.3) is 0 Å². The summed E-state index contributed by atoms with van der Waals surface area (Å²) in [6.45, 7) is 0.707. The molecule has 1 amide bonds. The lowest BCUT2D eigenvalue weighted by atomic mass is 10.2. The third kappa shape index (κ3) is 6.00. The minimum atomic E-state index is -3.64. The summed E-state index contributed by atoms with van der Waals surface area (Å²) >= 11 is 0. The molecule has 0 saturated carbocycles. The minimum Gasteiger partial charge on any atom is -0.435 e. The number of anilines is 1. The smallest absolute Gasteiger partial charge is 0.387 e. The van der Waals surface area contributed by atoms with Crippen molar-refractivity contribution in [2.45, 2.75) is 37.8 Å². The number of hydrogen-bond donors (Lipinski definition) is 2. The predicted octanol–water partition coefficient (Wildman–Crippen LogP) is 3.62. The molecule has 2 N–H and O–H groups in total. The van der Waals surface area contributed by atoms with Crippen LogP contribution < -0.4 is 14.8 Å². The van der Waals surface area contributed by atoms with Crippen LogP contribution in [0.2, 0.25) is 0 Å². The Morgan fingerprint density at radius 3 is 2.19 bits per heavy atom. The molecule has 0 heterocycles. The molecule has 2 rings (SSSR count). The standard InChI is InChI=1S/C18H20F2N2O4S/c1-3-12(2)22-27(24,25)16-10-4-13(5-11-16)17(23)21-14-6-8-15(9-7-14)26-18(19)20/h4-12,18,22H,3H2,1-2H3,(H,21,23). The zero-order valence-corrected chi connectivity index (χ0v) is 15.6. The molecule has 6 nitrogen and oxygen atoms in total. The number of carbonyl (C=O) groups excluding carboxylic acids is 1. The first-order chi connectivity index (χ1) is 12.7. The molecule has 0 aliphatic heterocycles. The van der Waals surface area contributed by atoms with Crippen LogP contribution in [0.5, 0.6) is 5.75 Å². The molecule has 1 atom stereocenters. The molecule has 0 aliphatic carbocycles. The molecule has 0 radical (unpaired) electrons. The number of halogens is 2. The highest BCUT2D eigenvalue weighted by atomic mass is 32.2. The average molecular weight is 398 g/mol. The van der Waals surface area contributed by atoms with Gasteiger partial charge in [-0.1, -0.05) is 6.92 Å². The molecular weight excluding hydrogens is 378 g/mol. The second-order valence-corrected chi connectivity index (χ2v) is 7.53. The van der Waals surface area contributed by atoms with Crippen molar-refractivity contribution in [1.82, 2.24) is 4.72 Å². The van der Waals surface area contributed by atoms with E-state index in [-0.39, 0.29) is 22.3 Å². The number of benzene rings is 2. The maximum Gasteiger partial charge on any atom is 0.387 e. The molecule has 2 aromatic carbocycles. The van der Waals surface area contributed by atoms with Crippen molar-refractivity contribution in [1.29, 1.82) is 0 Å². The fraction of sp³-hybridized carbons (Fsp3) is 0.278. The van der Waals surface area contributed by atoms with Crippen LogP contribution in [-0.2, 0) is 10.0 Å². The fourth-order valence-electron chi connectivity index (χ4n) is 2.12. The van der Waals surface area contributed by atoms with Gasteiger partial charge in [0.15, 0.2) is 0 Å². The van der Waals surface area contributed by atoms with Gasteiger partial charge in [0.25, 0.3) is 5.91 Å². The van der Waals surface area contributed by atoms with Gasteiger partial charge in [0, 0.05) is 17.3 Å². The summed E-state index contributed by atoms with van der Waals surface area (Å²) in [7, 11) is -3.64. The van der Waals surface area contributed by atoms with E-state index in [1.807, 2.05) is 6.92 Å². The molecule has 9 heteroatoms. The first-order valence-electron chi connectivity index (χ1n) is 8.20. The highest BCUT2D eigenvalue weighted by molar-refractivity contribution is 7.89. The number of nitrogens with one attached hydrogen (secondary N) is 2. The van der Waals surface area contributed by atoms with Crippen LogP contribution in [0, 0.1) is 0 Å². The molecule has 1 unspecified atom stereocenters. The van der Waals surface area contributed by atoms with Crippen LogP contribution in [0.1, 0.15) is 30.6 Å². The molecule has 146 valence electrons. The van der Waals surface area contributed by atoms with Gasteiger partial charge in [-0.25, -0.2) is 13.1 Å². The van der Waals surface area contributed by atoms with Crippen molar-refractivity contribution < 1.29 is 26.7 Å². The van der Waals surface area contributed by atoms with E-state index in [2.05, 4.69) is 14.8 Å². The zero-order valence-electron chi connectivity index (χ0n) is 14.8. The third-order valence-electron chi connectivity index (χ3n) is 3.73. The maximum atomic E-state index is 12.2. The second-order valence-electron chi connectivity index (χ2n) is 5.81.